The van der Waals surface area contributed by atoms with E-state index in [0.717, 1.165) is 32.2 Å². The molecule has 0 aromatic heterocycles. The quantitative estimate of drug-likeness (QED) is 0.650. The van der Waals surface area contributed by atoms with Gasteiger partial charge in [-0.15, -0.1) is 12.4 Å². The predicted molar refractivity (Wildman–Crippen MR) is 72.2 cm³/mol. The lowest BCUT2D eigenvalue weighted by molar-refractivity contribution is -0.123. The van der Waals surface area contributed by atoms with Gasteiger partial charge in [-0.2, -0.15) is 0 Å². The molecule has 0 aromatic carbocycles. The van der Waals surface area contributed by atoms with E-state index in [4.69, 9.17) is 0 Å². The Hall–Kier alpha value is -0.280. The average molecular weight is 251 g/mol. The number of hydrogen-bond donors (Lipinski definition) is 2. The van der Waals surface area contributed by atoms with E-state index in [-0.39, 0.29) is 23.9 Å². The molecule has 3 nitrogen and oxygen atoms in total. The van der Waals surface area contributed by atoms with E-state index in [1.165, 1.54) is 0 Å². The van der Waals surface area contributed by atoms with Gasteiger partial charge >= 0.3 is 0 Å². The molecular formula is C12H27ClN2O. The van der Waals surface area contributed by atoms with Gasteiger partial charge in [-0.05, 0) is 39.3 Å². The van der Waals surface area contributed by atoms with Crippen LogP contribution in [0.5, 0.6) is 0 Å². The van der Waals surface area contributed by atoms with E-state index in [0.29, 0.717) is 6.42 Å². The predicted octanol–water partition coefficient (Wildman–Crippen LogP) is 2.49. The van der Waals surface area contributed by atoms with Crippen molar-refractivity contribution in [2.75, 3.05) is 13.6 Å². The normalized spacial score (nSPS) is 10.8. The third kappa shape index (κ3) is 6.33. The summed E-state index contributed by atoms with van der Waals surface area (Å²) in [5.41, 5.74) is 0.0245. The Morgan fingerprint density at radius 1 is 1.12 bits per heavy atom. The molecule has 0 heterocycles. The van der Waals surface area contributed by atoms with Gasteiger partial charge in [0.05, 0.1) is 0 Å². The fraction of sp³-hybridized carbons (Fsp3) is 0.917. The summed E-state index contributed by atoms with van der Waals surface area (Å²) in [6.07, 6.45) is 4.57. The third-order valence-electron chi connectivity index (χ3n) is 3.27. The Morgan fingerprint density at radius 2 is 1.62 bits per heavy atom. The molecule has 0 bridgehead atoms. The zero-order valence-electron chi connectivity index (χ0n) is 11.1. The van der Waals surface area contributed by atoms with Crippen LogP contribution in [-0.4, -0.2) is 25.0 Å². The summed E-state index contributed by atoms with van der Waals surface area (Å²) in [6.45, 7) is 7.33. The first-order chi connectivity index (χ1) is 7.14. The first kappa shape index (κ1) is 18.1. The lowest BCUT2D eigenvalue weighted by atomic mass is 9.89. The van der Waals surface area contributed by atoms with E-state index in [2.05, 4.69) is 31.4 Å². The van der Waals surface area contributed by atoms with Crippen molar-refractivity contribution in [3.05, 3.63) is 0 Å². The Balaban J connectivity index is 0. The van der Waals surface area contributed by atoms with E-state index in [9.17, 15) is 4.79 Å². The molecule has 0 radical (unpaired) electrons. The highest BCUT2D eigenvalue weighted by molar-refractivity contribution is 5.85. The second-order valence-electron chi connectivity index (χ2n) is 4.10. The largest absolute Gasteiger partial charge is 0.351 e. The number of halogens is 1. The smallest absolute Gasteiger partial charge is 0.220 e. The van der Waals surface area contributed by atoms with Crippen LogP contribution in [0.2, 0.25) is 0 Å². The minimum Gasteiger partial charge on any atom is -0.351 e. The van der Waals surface area contributed by atoms with Crippen molar-refractivity contribution in [2.45, 2.75) is 58.4 Å². The average Bonchev–Trinajstić information content (AvgIpc) is 2.26. The number of rotatable bonds is 8. The summed E-state index contributed by atoms with van der Waals surface area (Å²) >= 11 is 0. The highest BCUT2D eigenvalue weighted by Gasteiger charge is 2.25. The minimum atomic E-state index is 0. The Morgan fingerprint density at radius 3 is 2.00 bits per heavy atom. The van der Waals surface area contributed by atoms with E-state index >= 15 is 0 Å². The molecule has 0 saturated carbocycles. The fourth-order valence-corrected chi connectivity index (χ4v) is 1.80. The van der Waals surface area contributed by atoms with E-state index < -0.39 is 0 Å². The van der Waals surface area contributed by atoms with E-state index in [1.54, 1.807) is 0 Å². The van der Waals surface area contributed by atoms with Crippen LogP contribution in [0.25, 0.3) is 0 Å². The minimum absolute atomic E-state index is 0. The summed E-state index contributed by atoms with van der Waals surface area (Å²) in [7, 11) is 1.91. The van der Waals surface area contributed by atoms with Crippen molar-refractivity contribution in [1.82, 2.24) is 10.6 Å². The number of amides is 1. The zero-order chi connectivity index (χ0) is 11.7. The fourth-order valence-electron chi connectivity index (χ4n) is 1.80. The molecule has 0 aromatic rings. The number of hydrogen-bond acceptors (Lipinski definition) is 2. The van der Waals surface area contributed by atoms with Crippen LogP contribution in [-0.2, 0) is 4.79 Å². The Bertz CT molecular complexity index is 174. The lowest BCUT2D eigenvalue weighted by Crippen LogP contribution is -2.47. The molecule has 98 valence electrons. The van der Waals surface area contributed by atoms with Crippen LogP contribution in [0.4, 0.5) is 0 Å². The van der Waals surface area contributed by atoms with Gasteiger partial charge in [0.2, 0.25) is 5.91 Å². The molecular weight excluding hydrogens is 224 g/mol. The van der Waals surface area contributed by atoms with Crippen LogP contribution >= 0.6 is 12.4 Å². The van der Waals surface area contributed by atoms with Gasteiger partial charge in [0, 0.05) is 12.0 Å². The van der Waals surface area contributed by atoms with Crippen LogP contribution in [0, 0.1) is 0 Å². The Labute approximate surface area is 106 Å². The maximum atomic E-state index is 11.7. The van der Waals surface area contributed by atoms with Crippen molar-refractivity contribution in [1.29, 1.82) is 0 Å². The molecule has 0 aliphatic heterocycles. The molecule has 0 unspecified atom stereocenters. The molecule has 0 rings (SSSR count). The summed E-state index contributed by atoms with van der Waals surface area (Å²) in [4.78, 5) is 11.7. The van der Waals surface area contributed by atoms with Crippen LogP contribution < -0.4 is 10.6 Å². The summed E-state index contributed by atoms with van der Waals surface area (Å²) in [5.74, 6) is 0.191. The van der Waals surface area contributed by atoms with Crippen molar-refractivity contribution < 1.29 is 4.79 Å². The molecule has 0 saturated heterocycles. The molecule has 0 aliphatic carbocycles. The maximum absolute atomic E-state index is 11.7. The number of carbonyl (C=O) groups is 1. The summed E-state index contributed by atoms with van der Waals surface area (Å²) < 4.78 is 0. The molecule has 2 N–H and O–H groups in total. The number of nitrogens with one attached hydrogen (secondary N) is 2. The van der Waals surface area contributed by atoms with Crippen LogP contribution in [0.3, 0.4) is 0 Å². The molecule has 0 aliphatic rings. The number of carbonyl (C=O) groups excluding carboxylic acids is 1. The maximum Gasteiger partial charge on any atom is 0.220 e. The molecule has 0 spiro atoms. The monoisotopic (exact) mass is 250 g/mol. The lowest BCUT2D eigenvalue weighted by Gasteiger charge is -2.31. The summed E-state index contributed by atoms with van der Waals surface area (Å²) in [5, 5.41) is 6.22. The van der Waals surface area contributed by atoms with Gasteiger partial charge in [-0.25, -0.2) is 0 Å². The van der Waals surface area contributed by atoms with Gasteiger partial charge < -0.3 is 10.6 Å². The second kappa shape index (κ2) is 9.91. The van der Waals surface area contributed by atoms with Gasteiger partial charge in [-0.3, -0.25) is 4.79 Å². The van der Waals surface area contributed by atoms with Crippen molar-refractivity contribution in [3.8, 4) is 0 Å². The second-order valence-corrected chi connectivity index (χ2v) is 4.10. The van der Waals surface area contributed by atoms with Gasteiger partial charge in [0.25, 0.3) is 0 Å². The van der Waals surface area contributed by atoms with Crippen LogP contribution in [0.1, 0.15) is 52.9 Å². The highest BCUT2D eigenvalue weighted by Crippen LogP contribution is 2.19. The topological polar surface area (TPSA) is 41.1 Å². The molecule has 0 atom stereocenters. The standard InChI is InChI=1S/C12H26N2O.ClH/c1-5-12(6-2,7-3)14-11(15)9-8-10-13-4;/h13H,5-10H2,1-4H3,(H,14,15);1H. The third-order valence-corrected chi connectivity index (χ3v) is 3.27. The molecule has 1 amide bonds. The van der Waals surface area contributed by atoms with E-state index in [1.807, 2.05) is 7.05 Å². The molecule has 16 heavy (non-hydrogen) atoms. The van der Waals surface area contributed by atoms with Crippen molar-refractivity contribution in [3.63, 3.8) is 0 Å². The molecule has 4 heteroatoms. The van der Waals surface area contributed by atoms with Crippen molar-refractivity contribution in [2.24, 2.45) is 0 Å². The van der Waals surface area contributed by atoms with Crippen molar-refractivity contribution >= 4 is 18.3 Å². The summed E-state index contributed by atoms with van der Waals surface area (Å²) in [6, 6.07) is 0. The van der Waals surface area contributed by atoms with Crippen LogP contribution in [0.15, 0.2) is 0 Å². The first-order valence-electron chi connectivity index (χ1n) is 6.09. The SMILES string of the molecule is CCC(CC)(CC)NC(=O)CCCNC.Cl. The zero-order valence-corrected chi connectivity index (χ0v) is 11.9. The van der Waals surface area contributed by atoms with Gasteiger partial charge in [-0.1, -0.05) is 20.8 Å². The first-order valence-corrected chi connectivity index (χ1v) is 6.09. The van der Waals surface area contributed by atoms with Gasteiger partial charge in [0.15, 0.2) is 0 Å². The Kier molecular flexibility index (Phi) is 11.2. The highest BCUT2D eigenvalue weighted by atomic mass is 35.5. The van der Waals surface area contributed by atoms with Gasteiger partial charge in [0.1, 0.15) is 0 Å². The molecule has 0 fully saturated rings.